The lowest BCUT2D eigenvalue weighted by Gasteiger charge is -2.06. The minimum absolute atomic E-state index is 0.521. The molecule has 1 unspecified atom stereocenters. The quantitative estimate of drug-likeness (QED) is 0.572. The van der Waals surface area contributed by atoms with Crippen LogP contribution in [0.25, 0.3) is 0 Å². The zero-order chi connectivity index (χ0) is 9.68. The molecular weight excluding hydrogens is 204 g/mol. The van der Waals surface area contributed by atoms with Crippen LogP contribution in [0.4, 0.5) is 0 Å². The first kappa shape index (κ1) is 10.8. The van der Waals surface area contributed by atoms with Gasteiger partial charge in [-0.3, -0.25) is 4.98 Å². The maximum absolute atomic E-state index is 5.71. The standard InChI is InChI=1S/C9H13ClN2S/c1-7(5-10)6-13-9-8(2)11-3-4-12-9/h3-4,7H,5-6H2,1-2H3. The number of hydrogen-bond donors (Lipinski definition) is 0. The van der Waals surface area contributed by atoms with Gasteiger partial charge in [-0.25, -0.2) is 4.98 Å². The van der Waals surface area contributed by atoms with Crippen molar-refractivity contribution in [1.29, 1.82) is 0 Å². The highest BCUT2D eigenvalue weighted by molar-refractivity contribution is 7.99. The van der Waals surface area contributed by atoms with E-state index in [9.17, 15) is 0 Å². The van der Waals surface area contributed by atoms with Crippen LogP contribution in [0.5, 0.6) is 0 Å². The highest BCUT2D eigenvalue weighted by Gasteiger charge is 2.04. The third-order valence-electron chi connectivity index (χ3n) is 1.60. The Morgan fingerprint density at radius 1 is 1.46 bits per heavy atom. The molecule has 0 spiro atoms. The third kappa shape index (κ3) is 3.53. The number of hydrogen-bond acceptors (Lipinski definition) is 3. The average Bonchev–Trinajstić information content (AvgIpc) is 2.16. The zero-order valence-electron chi connectivity index (χ0n) is 7.83. The van der Waals surface area contributed by atoms with Gasteiger partial charge in [0, 0.05) is 24.0 Å². The lowest BCUT2D eigenvalue weighted by atomic mass is 10.3. The SMILES string of the molecule is Cc1nccnc1SCC(C)CCl. The van der Waals surface area contributed by atoms with Gasteiger partial charge in [-0.2, -0.15) is 0 Å². The van der Waals surface area contributed by atoms with Crippen molar-refractivity contribution in [1.82, 2.24) is 9.97 Å². The van der Waals surface area contributed by atoms with Crippen LogP contribution in [-0.2, 0) is 0 Å². The van der Waals surface area contributed by atoms with Crippen molar-refractivity contribution in [3.8, 4) is 0 Å². The summed E-state index contributed by atoms with van der Waals surface area (Å²) in [6.45, 7) is 4.10. The van der Waals surface area contributed by atoms with Crippen molar-refractivity contribution < 1.29 is 0 Å². The summed E-state index contributed by atoms with van der Waals surface area (Å²) in [6.07, 6.45) is 3.44. The van der Waals surface area contributed by atoms with Gasteiger partial charge in [-0.1, -0.05) is 6.92 Å². The fourth-order valence-electron chi connectivity index (χ4n) is 0.802. The minimum Gasteiger partial charge on any atom is -0.257 e. The second-order valence-electron chi connectivity index (χ2n) is 3.02. The molecule has 72 valence electrons. The van der Waals surface area contributed by atoms with Crippen LogP contribution in [0.1, 0.15) is 12.6 Å². The lowest BCUT2D eigenvalue weighted by Crippen LogP contribution is -2.00. The van der Waals surface area contributed by atoms with E-state index in [0.717, 1.165) is 16.5 Å². The van der Waals surface area contributed by atoms with E-state index >= 15 is 0 Å². The summed E-state index contributed by atoms with van der Waals surface area (Å²) in [7, 11) is 0. The lowest BCUT2D eigenvalue weighted by molar-refractivity contribution is 0.757. The number of aromatic nitrogens is 2. The Kier molecular flexibility index (Phi) is 4.53. The summed E-state index contributed by atoms with van der Waals surface area (Å²) in [5, 5.41) is 1.01. The zero-order valence-corrected chi connectivity index (χ0v) is 9.40. The Hall–Kier alpha value is -0.280. The van der Waals surface area contributed by atoms with E-state index in [1.807, 2.05) is 6.92 Å². The topological polar surface area (TPSA) is 25.8 Å². The molecule has 4 heteroatoms. The molecule has 0 aliphatic heterocycles. The predicted molar refractivity (Wildman–Crippen MR) is 57.4 cm³/mol. The summed E-state index contributed by atoms with van der Waals surface area (Å²) in [5.74, 6) is 2.23. The first-order valence-electron chi connectivity index (χ1n) is 4.20. The Balaban J connectivity index is 2.50. The van der Waals surface area contributed by atoms with Gasteiger partial charge in [-0.05, 0) is 12.8 Å². The highest BCUT2D eigenvalue weighted by Crippen LogP contribution is 2.20. The van der Waals surface area contributed by atoms with E-state index in [1.54, 1.807) is 24.2 Å². The van der Waals surface area contributed by atoms with Crippen molar-refractivity contribution in [2.45, 2.75) is 18.9 Å². The molecule has 1 aromatic rings. The molecule has 0 bridgehead atoms. The molecule has 0 aliphatic rings. The molecule has 0 saturated heterocycles. The summed E-state index contributed by atoms with van der Waals surface area (Å²) in [5.41, 5.74) is 0.995. The molecule has 0 N–H and O–H groups in total. The van der Waals surface area contributed by atoms with Gasteiger partial charge in [0.2, 0.25) is 0 Å². The fraction of sp³-hybridized carbons (Fsp3) is 0.556. The smallest absolute Gasteiger partial charge is 0.117 e. The van der Waals surface area contributed by atoms with E-state index in [1.165, 1.54) is 0 Å². The molecule has 1 aromatic heterocycles. The summed E-state index contributed by atoms with van der Waals surface area (Å²) >= 11 is 7.43. The minimum atomic E-state index is 0.521. The highest BCUT2D eigenvalue weighted by atomic mass is 35.5. The average molecular weight is 217 g/mol. The third-order valence-corrected chi connectivity index (χ3v) is 3.54. The van der Waals surface area contributed by atoms with Gasteiger partial charge >= 0.3 is 0 Å². The predicted octanol–water partition coefficient (Wildman–Crippen LogP) is 2.75. The van der Waals surface area contributed by atoms with Crippen molar-refractivity contribution in [2.75, 3.05) is 11.6 Å². The second kappa shape index (κ2) is 5.45. The van der Waals surface area contributed by atoms with Gasteiger partial charge in [0.05, 0.1) is 5.69 Å². The second-order valence-corrected chi connectivity index (χ2v) is 4.33. The summed E-state index contributed by atoms with van der Waals surface area (Å²) < 4.78 is 0. The van der Waals surface area contributed by atoms with Gasteiger partial charge < -0.3 is 0 Å². The molecule has 0 radical (unpaired) electrons. The molecule has 0 amide bonds. The van der Waals surface area contributed by atoms with Crippen LogP contribution in [0.3, 0.4) is 0 Å². The maximum atomic E-state index is 5.71. The van der Waals surface area contributed by atoms with Crippen molar-refractivity contribution in [3.63, 3.8) is 0 Å². The molecule has 0 aromatic carbocycles. The number of alkyl halides is 1. The van der Waals surface area contributed by atoms with Crippen molar-refractivity contribution in [2.24, 2.45) is 5.92 Å². The molecule has 13 heavy (non-hydrogen) atoms. The van der Waals surface area contributed by atoms with Gasteiger partial charge in [0.15, 0.2) is 0 Å². The van der Waals surface area contributed by atoms with Gasteiger partial charge in [0.25, 0.3) is 0 Å². The number of halogens is 1. The Labute approximate surface area is 88.1 Å². The largest absolute Gasteiger partial charge is 0.257 e. The van der Waals surface area contributed by atoms with Gasteiger partial charge in [0.1, 0.15) is 5.03 Å². The monoisotopic (exact) mass is 216 g/mol. The number of rotatable bonds is 4. The summed E-state index contributed by atoms with van der Waals surface area (Å²) in [4.78, 5) is 8.41. The van der Waals surface area contributed by atoms with Crippen LogP contribution < -0.4 is 0 Å². The van der Waals surface area contributed by atoms with Crippen LogP contribution >= 0.6 is 23.4 Å². The molecule has 0 aliphatic carbocycles. The van der Waals surface area contributed by atoms with E-state index in [2.05, 4.69) is 16.9 Å². The first-order chi connectivity index (χ1) is 6.24. The number of aryl methyl sites for hydroxylation is 1. The van der Waals surface area contributed by atoms with E-state index in [0.29, 0.717) is 11.8 Å². The molecule has 1 atom stereocenters. The van der Waals surface area contributed by atoms with Crippen molar-refractivity contribution >= 4 is 23.4 Å². The van der Waals surface area contributed by atoms with Crippen LogP contribution in [0, 0.1) is 12.8 Å². The Bertz CT molecular complexity index is 268. The van der Waals surface area contributed by atoms with E-state index in [-0.39, 0.29) is 0 Å². The summed E-state index contributed by atoms with van der Waals surface area (Å²) in [6, 6.07) is 0. The van der Waals surface area contributed by atoms with E-state index < -0.39 is 0 Å². The maximum Gasteiger partial charge on any atom is 0.117 e. The van der Waals surface area contributed by atoms with Gasteiger partial charge in [-0.15, -0.1) is 23.4 Å². The molecular formula is C9H13ClN2S. The molecule has 1 rings (SSSR count). The van der Waals surface area contributed by atoms with E-state index in [4.69, 9.17) is 11.6 Å². The number of nitrogens with zero attached hydrogens (tertiary/aromatic N) is 2. The molecule has 0 fully saturated rings. The molecule has 1 heterocycles. The van der Waals surface area contributed by atoms with Crippen LogP contribution in [0.15, 0.2) is 17.4 Å². The number of thioether (sulfide) groups is 1. The Morgan fingerprint density at radius 2 is 2.15 bits per heavy atom. The molecule has 2 nitrogen and oxygen atoms in total. The Morgan fingerprint density at radius 3 is 2.77 bits per heavy atom. The molecule has 0 saturated carbocycles. The normalized spacial score (nSPS) is 12.8. The fourth-order valence-corrected chi connectivity index (χ4v) is 2.00. The first-order valence-corrected chi connectivity index (χ1v) is 5.72. The van der Waals surface area contributed by atoms with Crippen molar-refractivity contribution in [3.05, 3.63) is 18.1 Å². The van der Waals surface area contributed by atoms with Crippen LogP contribution in [0.2, 0.25) is 0 Å². The van der Waals surface area contributed by atoms with Crippen LogP contribution in [-0.4, -0.2) is 21.6 Å².